The number of ether oxygens (including phenoxy) is 3. The second-order valence-corrected chi connectivity index (χ2v) is 12.1. The fourth-order valence-electron chi connectivity index (χ4n) is 5.14. The van der Waals surface area contributed by atoms with Crippen LogP contribution in [-0.4, -0.2) is 89.2 Å². The van der Waals surface area contributed by atoms with Crippen molar-refractivity contribution in [3.63, 3.8) is 0 Å². The molecular weight excluding hydrogens is 608 g/mol. The van der Waals surface area contributed by atoms with Crippen molar-refractivity contribution in [2.45, 2.75) is 59.3 Å². The van der Waals surface area contributed by atoms with Crippen LogP contribution in [0.15, 0.2) is 53.1 Å². The van der Waals surface area contributed by atoms with Crippen molar-refractivity contribution in [1.29, 1.82) is 0 Å². The number of aryl methyl sites for hydroxylation is 1. The molecule has 0 unspecified atom stereocenters. The number of carbonyl (C=O) groups excluding carboxylic acids is 3. The van der Waals surface area contributed by atoms with Gasteiger partial charge in [-0.05, 0) is 49.1 Å². The van der Waals surface area contributed by atoms with E-state index in [4.69, 9.17) is 28.6 Å². The third kappa shape index (κ3) is 10.6. The van der Waals surface area contributed by atoms with E-state index in [-0.39, 0.29) is 43.3 Å². The molecule has 0 spiro atoms. The van der Waals surface area contributed by atoms with Gasteiger partial charge in [0.2, 0.25) is 11.8 Å². The summed E-state index contributed by atoms with van der Waals surface area (Å²) in [5, 5.41) is 14.3. The molecule has 3 aromatic rings. The maximum atomic E-state index is 13.4. The number of carboxylic acid groups (broad SMARTS) is 1. The zero-order valence-corrected chi connectivity index (χ0v) is 27.4. The van der Waals surface area contributed by atoms with E-state index in [1.807, 2.05) is 38.1 Å². The van der Waals surface area contributed by atoms with Gasteiger partial charge in [-0.3, -0.25) is 19.2 Å². The molecule has 5 rings (SSSR count). The molecule has 0 saturated carbocycles. The normalized spacial score (nSPS) is 18.3. The summed E-state index contributed by atoms with van der Waals surface area (Å²) in [6.45, 7) is 8.30. The lowest BCUT2D eigenvalue weighted by molar-refractivity contribution is -0.137. The van der Waals surface area contributed by atoms with Crippen molar-refractivity contribution >= 4 is 23.7 Å². The molecule has 2 aliphatic heterocycles. The van der Waals surface area contributed by atoms with Gasteiger partial charge in [0.1, 0.15) is 23.0 Å². The Morgan fingerprint density at radius 2 is 1.89 bits per heavy atom. The highest BCUT2D eigenvalue weighted by atomic mass is 16.5. The van der Waals surface area contributed by atoms with E-state index in [1.165, 1.54) is 4.90 Å². The SMILES string of the molecule is CC(=O)O.Cc1cc(CC(=O)N2CC[C@@H]3NC(=O)CN(C)C(=O)c4cc(OCC(C)C)cc(c4)Oc4cccc(c4)CO[C@H]3C2)on1. The van der Waals surface area contributed by atoms with Crippen LogP contribution in [0.1, 0.15) is 54.6 Å². The molecule has 2 atom stereocenters. The number of hydrogen-bond donors (Lipinski definition) is 2. The molecule has 1 fully saturated rings. The van der Waals surface area contributed by atoms with Gasteiger partial charge in [-0.25, -0.2) is 0 Å². The van der Waals surface area contributed by atoms with Crippen molar-refractivity contribution in [2.24, 2.45) is 5.92 Å². The predicted octanol–water partition coefficient (Wildman–Crippen LogP) is 3.83. The van der Waals surface area contributed by atoms with Gasteiger partial charge in [0.25, 0.3) is 11.9 Å². The average Bonchev–Trinajstić information content (AvgIpc) is 3.42. The number of amides is 3. The zero-order valence-electron chi connectivity index (χ0n) is 27.4. The summed E-state index contributed by atoms with van der Waals surface area (Å²) in [7, 11) is 1.58. The molecule has 1 aromatic heterocycles. The van der Waals surface area contributed by atoms with Crippen molar-refractivity contribution in [2.75, 3.05) is 33.3 Å². The van der Waals surface area contributed by atoms with Crippen LogP contribution in [-0.2, 0) is 32.1 Å². The van der Waals surface area contributed by atoms with Gasteiger partial charge in [-0.1, -0.05) is 31.1 Å². The second-order valence-electron chi connectivity index (χ2n) is 12.1. The van der Waals surface area contributed by atoms with Crippen molar-refractivity contribution in [3.8, 4) is 17.2 Å². The molecule has 0 aliphatic carbocycles. The fraction of sp³-hybridized carbons (Fsp3) is 0.441. The number of carboxylic acids is 1. The molecular formula is C34H42N4O9. The first kappa shape index (κ1) is 35.0. The van der Waals surface area contributed by atoms with Crippen LogP contribution >= 0.6 is 0 Å². The Bertz CT molecular complexity index is 1570. The summed E-state index contributed by atoms with van der Waals surface area (Å²) >= 11 is 0. The lowest BCUT2D eigenvalue weighted by Gasteiger charge is -2.39. The number of nitrogens with one attached hydrogen (secondary N) is 1. The summed E-state index contributed by atoms with van der Waals surface area (Å²) < 4.78 is 23.7. The number of rotatable bonds is 5. The standard InChI is InChI=1S/C32H38N4O7.C2H4O2/c1-20(2)18-40-25-12-23-13-26(14-25)42-24-7-5-6-22(11-24)19-41-29-16-36(31(38)15-27-10-21(3)34-43-27)9-8-28(29)33-30(37)17-35(4)32(23)39;1-2(3)4/h5-7,10-14,20,28-29H,8-9,15-19H2,1-4H3,(H,33,37);1H3,(H,3,4)/t28-,29-;/m0./s1. The smallest absolute Gasteiger partial charge is 0.300 e. The Kier molecular flexibility index (Phi) is 12.0. The van der Waals surface area contributed by atoms with Crippen LogP contribution in [0.2, 0.25) is 0 Å². The first-order chi connectivity index (χ1) is 22.4. The first-order valence-electron chi connectivity index (χ1n) is 15.5. The summed E-state index contributed by atoms with van der Waals surface area (Å²) in [6.07, 6.45) is 0.128. The van der Waals surface area contributed by atoms with Crippen LogP contribution < -0.4 is 14.8 Å². The van der Waals surface area contributed by atoms with Crippen LogP contribution in [0.25, 0.3) is 0 Å². The Hall–Kier alpha value is -4.91. The number of aliphatic carboxylic acids is 1. The Labute approximate surface area is 273 Å². The number of nitrogens with zero attached hydrogens (tertiary/aromatic N) is 3. The number of likely N-dealkylation sites (tertiary alicyclic amines) is 1. The van der Waals surface area contributed by atoms with Crippen LogP contribution in [0, 0.1) is 12.8 Å². The number of piperidine rings is 1. The summed E-state index contributed by atoms with van der Waals surface area (Å²) in [4.78, 5) is 51.7. The molecule has 252 valence electrons. The lowest BCUT2D eigenvalue weighted by atomic mass is 10.0. The number of aromatic nitrogens is 1. The molecule has 1 saturated heterocycles. The van der Waals surface area contributed by atoms with Crippen LogP contribution in [0.4, 0.5) is 0 Å². The minimum atomic E-state index is -0.833. The minimum Gasteiger partial charge on any atom is -0.493 e. The number of fused-ring (bicyclic) bond motifs is 5. The van der Waals surface area contributed by atoms with E-state index in [0.717, 1.165) is 12.5 Å². The molecule has 2 N–H and O–H groups in total. The van der Waals surface area contributed by atoms with Crippen LogP contribution in [0.3, 0.4) is 0 Å². The molecule has 4 bridgehead atoms. The molecule has 2 aromatic carbocycles. The van der Waals surface area contributed by atoms with Gasteiger partial charge in [-0.15, -0.1) is 0 Å². The van der Waals surface area contributed by atoms with E-state index in [0.29, 0.717) is 66.3 Å². The Morgan fingerprint density at radius 1 is 1.13 bits per heavy atom. The summed E-state index contributed by atoms with van der Waals surface area (Å²) in [5.74, 6) is 0.736. The van der Waals surface area contributed by atoms with Gasteiger partial charge in [0.15, 0.2) is 0 Å². The number of hydrogen-bond acceptors (Lipinski definition) is 9. The van der Waals surface area contributed by atoms with Gasteiger partial charge in [0.05, 0.1) is 44.0 Å². The monoisotopic (exact) mass is 650 g/mol. The van der Waals surface area contributed by atoms with Gasteiger partial charge in [0, 0.05) is 44.8 Å². The first-order valence-corrected chi connectivity index (χ1v) is 15.5. The maximum absolute atomic E-state index is 13.4. The molecule has 13 heteroatoms. The van der Waals surface area contributed by atoms with E-state index < -0.39 is 12.1 Å². The van der Waals surface area contributed by atoms with Crippen molar-refractivity contribution in [1.82, 2.24) is 20.3 Å². The molecule has 0 radical (unpaired) electrons. The molecule has 13 nitrogen and oxygen atoms in total. The Balaban J connectivity index is 0.00000118. The van der Waals surface area contributed by atoms with E-state index in [2.05, 4.69) is 10.5 Å². The topological polar surface area (TPSA) is 161 Å². The van der Waals surface area contributed by atoms with E-state index >= 15 is 0 Å². The van der Waals surface area contributed by atoms with Crippen molar-refractivity contribution in [3.05, 3.63) is 71.1 Å². The lowest BCUT2D eigenvalue weighted by Crippen LogP contribution is -2.57. The highest BCUT2D eigenvalue weighted by molar-refractivity contribution is 5.97. The van der Waals surface area contributed by atoms with E-state index in [1.54, 1.807) is 43.1 Å². The molecule has 2 aliphatic rings. The quantitative estimate of drug-likeness (QED) is 0.415. The maximum Gasteiger partial charge on any atom is 0.300 e. The minimum absolute atomic E-state index is 0.0985. The zero-order chi connectivity index (χ0) is 34.1. The van der Waals surface area contributed by atoms with Gasteiger partial charge < -0.3 is 39.0 Å². The highest BCUT2D eigenvalue weighted by Crippen LogP contribution is 2.30. The summed E-state index contributed by atoms with van der Waals surface area (Å²) in [5.41, 5.74) is 1.93. The number of likely N-dealkylation sites (N-methyl/N-ethyl adjacent to an activating group) is 1. The summed E-state index contributed by atoms with van der Waals surface area (Å²) in [6, 6.07) is 14.0. The number of benzene rings is 2. The van der Waals surface area contributed by atoms with E-state index in [9.17, 15) is 14.4 Å². The predicted molar refractivity (Wildman–Crippen MR) is 170 cm³/mol. The number of carbonyl (C=O) groups is 4. The second kappa shape index (κ2) is 16.1. The van der Waals surface area contributed by atoms with Crippen molar-refractivity contribution < 1.29 is 43.0 Å². The highest BCUT2D eigenvalue weighted by Gasteiger charge is 2.34. The van der Waals surface area contributed by atoms with Gasteiger partial charge in [-0.2, -0.15) is 0 Å². The molecule has 47 heavy (non-hydrogen) atoms. The average molecular weight is 651 g/mol. The van der Waals surface area contributed by atoms with Crippen LogP contribution in [0.5, 0.6) is 17.2 Å². The molecule has 3 heterocycles. The Morgan fingerprint density at radius 3 is 2.60 bits per heavy atom. The largest absolute Gasteiger partial charge is 0.493 e. The van der Waals surface area contributed by atoms with Gasteiger partial charge >= 0.3 is 0 Å². The molecule has 3 amide bonds. The third-order valence-electron chi connectivity index (χ3n) is 7.30. The third-order valence-corrected chi connectivity index (χ3v) is 7.30. The fourth-order valence-corrected chi connectivity index (χ4v) is 5.14.